The fourth-order valence-corrected chi connectivity index (χ4v) is 4.20. The van der Waals surface area contributed by atoms with Crippen molar-refractivity contribution < 1.29 is 18.7 Å². The van der Waals surface area contributed by atoms with Crippen LogP contribution in [0.4, 0.5) is 4.39 Å². The van der Waals surface area contributed by atoms with Gasteiger partial charge in [-0.1, -0.05) is 11.6 Å². The molecule has 6 nitrogen and oxygen atoms in total. The van der Waals surface area contributed by atoms with Crippen molar-refractivity contribution in [3.05, 3.63) is 59.1 Å². The summed E-state index contributed by atoms with van der Waals surface area (Å²) in [6.07, 6.45) is 5.26. The van der Waals surface area contributed by atoms with Crippen molar-refractivity contribution >= 4 is 23.4 Å². The van der Waals surface area contributed by atoms with Crippen LogP contribution in [0.5, 0.6) is 5.75 Å². The van der Waals surface area contributed by atoms with E-state index >= 15 is 0 Å². The van der Waals surface area contributed by atoms with Crippen LogP contribution in [0.2, 0.25) is 5.02 Å². The highest BCUT2D eigenvalue weighted by atomic mass is 35.5. The number of hydrogen-bond donors (Lipinski definition) is 2. The first-order valence-electron chi connectivity index (χ1n) is 8.96. The van der Waals surface area contributed by atoms with Crippen LogP contribution in [0.25, 0.3) is 0 Å². The summed E-state index contributed by atoms with van der Waals surface area (Å²) in [4.78, 5) is 28.5. The van der Waals surface area contributed by atoms with E-state index in [2.05, 4.69) is 15.6 Å². The van der Waals surface area contributed by atoms with Gasteiger partial charge >= 0.3 is 0 Å². The lowest BCUT2D eigenvalue weighted by atomic mass is 9.39. The molecule has 2 N–H and O–H groups in total. The van der Waals surface area contributed by atoms with Crippen molar-refractivity contribution in [1.29, 1.82) is 0 Å². The number of aromatic nitrogens is 1. The van der Waals surface area contributed by atoms with Gasteiger partial charge in [-0.2, -0.15) is 0 Å². The molecule has 0 saturated heterocycles. The van der Waals surface area contributed by atoms with Crippen LogP contribution < -0.4 is 15.4 Å². The number of ether oxygens (including phenoxy) is 1. The zero-order valence-electron chi connectivity index (χ0n) is 15.0. The summed E-state index contributed by atoms with van der Waals surface area (Å²) in [6, 6.07) is 7.73. The van der Waals surface area contributed by atoms with Crippen molar-refractivity contribution in [2.24, 2.45) is 5.41 Å². The molecule has 0 radical (unpaired) electrons. The summed E-state index contributed by atoms with van der Waals surface area (Å²) in [5, 5.41) is 5.89. The van der Waals surface area contributed by atoms with Gasteiger partial charge in [-0.15, -0.1) is 0 Å². The molecular weight excluding hydrogens is 385 g/mol. The van der Waals surface area contributed by atoms with Gasteiger partial charge in [-0.05, 0) is 49.1 Å². The molecule has 3 fully saturated rings. The molecule has 146 valence electrons. The topological polar surface area (TPSA) is 80.3 Å². The predicted molar refractivity (Wildman–Crippen MR) is 100 cm³/mol. The maximum absolute atomic E-state index is 13.4. The standard InChI is InChI=1S/C20H19ClFN3O3/c21-15-2-1-14(7-16(15)22)28-9-17(26)25-20-10-19(11-20,12-20)18(27)24-8-13-3-5-23-6-4-13/h1-7H,8-12H2,(H,24,27)(H,25,26). The van der Waals surface area contributed by atoms with Crippen molar-refractivity contribution in [2.75, 3.05) is 6.61 Å². The van der Waals surface area contributed by atoms with Crippen LogP contribution in [-0.2, 0) is 16.1 Å². The Hall–Kier alpha value is -2.67. The van der Waals surface area contributed by atoms with Crippen LogP contribution in [0.15, 0.2) is 42.7 Å². The molecule has 0 aliphatic heterocycles. The molecule has 1 aromatic heterocycles. The minimum atomic E-state index is -0.598. The zero-order valence-corrected chi connectivity index (χ0v) is 15.8. The number of benzene rings is 1. The van der Waals surface area contributed by atoms with E-state index in [9.17, 15) is 14.0 Å². The molecule has 3 aliphatic carbocycles. The smallest absolute Gasteiger partial charge is 0.258 e. The maximum Gasteiger partial charge on any atom is 0.258 e. The molecule has 0 atom stereocenters. The van der Waals surface area contributed by atoms with Gasteiger partial charge in [0.1, 0.15) is 11.6 Å². The van der Waals surface area contributed by atoms with Gasteiger partial charge in [0.2, 0.25) is 5.91 Å². The number of nitrogens with zero attached hydrogens (tertiary/aromatic N) is 1. The van der Waals surface area contributed by atoms with Crippen molar-refractivity contribution in [3.63, 3.8) is 0 Å². The molecule has 0 unspecified atom stereocenters. The minimum absolute atomic E-state index is 0.00169. The molecule has 28 heavy (non-hydrogen) atoms. The second-order valence-electron chi connectivity index (χ2n) is 7.54. The van der Waals surface area contributed by atoms with E-state index in [0.29, 0.717) is 25.8 Å². The molecule has 5 rings (SSSR count). The van der Waals surface area contributed by atoms with E-state index in [4.69, 9.17) is 16.3 Å². The molecule has 3 aliphatic rings. The number of amides is 2. The van der Waals surface area contributed by atoms with E-state index in [1.165, 1.54) is 12.1 Å². The lowest BCUT2D eigenvalue weighted by Gasteiger charge is -2.69. The Labute approximate surface area is 166 Å². The molecule has 1 aromatic carbocycles. The first-order valence-corrected chi connectivity index (χ1v) is 9.34. The molecule has 0 spiro atoms. The Balaban J connectivity index is 1.21. The molecular formula is C20H19ClFN3O3. The van der Waals surface area contributed by atoms with Crippen LogP contribution >= 0.6 is 11.6 Å². The highest BCUT2D eigenvalue weighted by molar-refractivity contribution is 6.30. The quantitative estimate of drug-likeness (QED) is 0.744. The van der Waals surface area contributed by atoms with Crippen LogP contribution in [0.1, 0.15) is 24.8 Å². The Morgan fingerprint density at radius 3 is 2.57 bits per heavy atom. The summed E-state index contributed by atoms with van der Waals surface area (Å²) in [5.41, 5.74) is 0.300. The SMILES string of the molecule is O=C(COc1ccc(Cl)c(F)c1)NC12CC(C(=O)NCc3ccncc3)(C1)C2. The Bertz CT molecular complexity index is 902. The lowest BCUT2D eigenvalue weighted by molar-refractivity contribution is -0.184. The van der Waals surface area contributed by atoms with Gasteiger partial charge in [0.05, 0.1) is 10.4 Å². The van der Waals surface area contributed by atoms with Gasteiger partial charge in [0.15, 0.2) is 6.61 Å². The van der Waals surface area contributed by atoms with Gasteiger partial charge in [-0.3, -0.25) is 14.6 Å². The minimum Gasteiger partial charge on any atom is -0.484 e. The van der Waals surface area contributed by atoms with Crippen LogP contribution in [-0.4, -0.2) is 28.9 Å². The predicted octanol–water partition coefficient (Wildman–Crippen LogP) is 2.61. The Morgan fingerprint density at radius 1 is 1.18 bits per heavy atom. The number of carbonyl (C=O) groups is 2. The highest BCUT2D eigenvalue weighted by Gasteiger charge is 2.72. The first-order chi connectivity index (χ1) is 13.4. The van der Waals surface area contributed by atoms with E-state index in [-0.39, 0.29) is 40.1 Å². The van der Waals surface area contributed by atoms with E-state index in [1.54, 1.807) is 12.4 Å². The van der Waals surface area contributed by atoms with E-state index < -0.39 is 5.82 Å². The van der Waals surface area contributed by atoms with Gasteiger partial charge in [0.25, 0.3) is 5.91 Å². The summed E-state index contributed by atoms with van der Waals surface area (Å²) >= 11 is 5.61. The number of pyridine rings is 1. The third kappa shape index (κ3) is 3.54. The summed E-state index contributed by atoms with van der Waals surface area (Å²) in [6.45, 7) is 0.248. The number of nitrogens with one attached hydrogen (secondary N) is 2. The molecule has 2 aromatic rings. The van der Waals surface area contributed by atoms with Crippen molar-refractivity contribution in [1.82, 2.24) is 15.6 Å². The van der Waals surface area contributed by atoms with Gasteiger partial charge in [-0.25, -0.2) is 4.39 Å². The second kappa shape index (κ2) is 7.05. The monoisotopic (exact) mass is 403 g/mol. The summed E-state index contributed by atoms with van der Waals surface area (Å²) in [5.74, 6) is -0.630. The molecule has 8 heteroatoms. The molecule has 2 bridgehead atoms. The molecule has 1 heterocycles. The average molecular weight is 404 g/mol. The summed E-state index contributed by atoms with van der Waals surface area (Å²) < 4.78 is 18.7. The second-order valence-corrected chi connectivity index (χ2v) is 7.95. The zero-order chi connectivity index (χ0) is 19.8. The van der Waals surface area contributed by atoms with Crippen LogP contribution in [0.3, 0.4) is 0 Å². The average Bonchev–Trinajstić information content (AvgIpc) is 2.63. The van der Waals surface area contributed by atoms with Gasteiger partial charge in [0, 0.05) is 30.5 Å². The first kappa shape index (κ1) is 18.7. The summed E-state index contributed by atoms with van der Waals surface area (Å²) in [7, 11) is 0. The third-order valence-electron chi connectivity index (χ3n) is 5.38. The lowest BCUT2D eigenvalue weighted by Crippen LogP contribution is -2.78. The number of carbonyl (C=O) groups excluding carboxylic acids is 2. The van der Waals surface area contributed by atoms with Crippen molar-refractivity contribution in [2.45, 2.75) is 31.3 Å². The van der Waals surface area contributed by atoms with E-state index in [1.807, 2.05) is 12.1 Å². The Kier molecular flexibility index (Phi) is 4.71. The van der Waals surface area contributed by atoms with Crippen molar-refractivity contribution in [3.8, 4) is 5.75 Å². The highest BCUT2D eigenvalue weighted by Crippen LogP contribution is 2.67. The van der Waals surface area contributed by atoms with E-state index in [0.717, 1.165) is 11.6 Å². The van der Waals surface area contributed by atoms with Gasteiger partial charge < -0.3 is 15.4 Å². The van der Waals surface area contributed by atoms with Crippen LogP contribution in [0, 0.1) is 11.2 Å². The maximum atomic E-state index is 13.4. The normalized spacial score (nSPS) is 24.5. The molecule has 3 saturated carbocycles. The largest absolute Gasteiger partial charge is 0.484 e. The number of rotatable bonds is 7. The number of hydrogen-bond acceptors (Lipinski definition) is 4. The number of halogens is 2. The third-order valence-corrected chi connectivity index (χ3v) is 5.69. The fourth-order valence-electron chi connectivity index (χ4n) is 4.08. The fraction of sp³-hybridized carbons (Fsp3) is 0.350. The Morgan fingerprint density at radius 2 is 1.89 bits per heavy atom. The molecule has 2 amide bonds.